The van der Waals surface area contributed by atoms with Gasteiger partial charge in [0.2, 0.25) is 5.91 Å². The molecule has 3 heteroatoms. The highest BCUT2D eigenvalue weighted by atomic mass is 16.2. The molecule has 2 fully saturated rings. The Labute approximate surface area is 111 Å². The number of amides is 1. The van der Waals surface area contributed by atoms with Crippen molar-refractivity contribution in [2.24, 2.45) is 23.0 Å². The average molecular weight is 252 g/mol. The summed E-state index contributed by atoms with van der Waals surface area (Å²) in [6.45, 7) is 7.02. The van der Waals surface area contributed by atoms with Crippen LogP contribution < -0.4 is 5.73 Å². The van der Waals surface area contributed by atoms with Gasteiger partial charge in [-0.1, -0.05) is 26.7 Å². The molecule has 1 saturated carbocycles. The summed E-state index contributed by atoms with van der Waals surface area (Å²) in [7, 11) is 0. The largest absolute Gasteiger partial charge is 0.342 e. The summed E-state index contributed by atoms with van der Waals surface area (Å²) >= 11 is 0. The topological polar surface area (TPSA) is 46.3 Å². The van der Waals surface area contributed by atoms with Gasteiger partial charge in [0.25, 0.3) is 0 Å². The molecular formula is C15H28N2O. The van der Waals surface area contributed by atoms with Crippen LogP contribution in [-0.4, -0.2) is 30.4 Å². The van der Waals surface area contributed by atoms with E-state index in [1.54, 1.807) is 0 Å². The molecule has 0 unspecified atom stereocenters. The van der Waals surface area contributed by atoms with E-state index in [0.29, 0.717) is 12.5 Å². The average Bonchev–Trinajstić information content (AvgIpc) is 2.88. The molecule has 3 nitrogen and oxygen atoms in total. The lowest BCUT2D eigenvalue weighted by atomic mass is 9.82. The Balaban J connectivity index is 1.94. The van der Waals surface area contributed by atoms with Gasteiger partial charge in [0.15, 0.2) is 0 Å². The monoisotopic (exact) mass is 252 g/mol. The van der Waals surface area contributed by atoms with Crippen LogP contribution in [0.5, 0.6) is 0 Å². The van der Waals surface area contributed by atoms with E-state index >= 15 is 0 Å². The maximum absolute atomic E-state index is 12.7. The molecular weight excluding hydrogens is 224 g/mol. The van der Waals surface area contributed by atoms with Gasteiger partial charge in [-0.25, -0.2) is 0 Å². The van der Waals surface area contributed by atoms with E-state index in [4.69, 9.17) is 5.73 Å². The molecule has 0 spiro atoms. The summed E-state index contributed by atoms with van der Waals surface area (Å²) in [5, 5.41) is 0. The Morgan fingerprint density at radius 1 is 1.28 bits per heavy atom. The summed E-state index contributed by atoms with van der Waals surface area (Å²) in [6, 6.07) is 0. The number of piperidine rings is 1. The second kappa shape index (κ2) is 5.60. The van der Waals surface area contributed by atoms with Crippen molar-refractivity contribution in [3.05, 3.63) is 0 Å². The van der Waals surface area contributed by atoms with E-state index < -0.39 is 0 Å². The van der Waals surface area contributed by atoms with E-state index in [0.717, 1.165) is 37.8 Å². The minimum Gasteiger partial charge on any atom is -0.342 e. The highest BCUT2D eigenvalue weighted by Gasteiger charge is 2.42. The van der Waals surface area contributed by atoms with Crippen LogP contribution in [0.4, 0.5) is 0 Å². The zero-order valence-corrected chi connectivity index (χ0v) is 12.0. The second-order valence-electron chi connectivity index (χ2n) is 6.57. The van der Waals surface area contributed by atoms with Crippen LogP contribution in [0, 0.1) is 17.3 Å². The van der Waals surface area contributed by atoms with Gasteiger partial charge in [0, 0.05) is 19.6 Å². The highest BCUT2D eigenvalue weighted by molar-refractivity contribution is 5.83. The third kappa shape index (κ3) is 2.56. The van der Waals surface area contributed by atoms with Gasteiger partial charge >= 0.3 is 0 Å². The maximum atomic E-state index is 12.7. The molecule has 0 aromatic carbocycles. The molecule has 2 N–H and O–H groups in total. The first-order valence-electron chi connectivity index (χ1n) is 7.58. The van der Waals surface area contributed by atoms with Gasteiger partial charge in [-0.2, -0.15) is 0 Å². The van der Waals surface area contributed by atoms with E-state index in [2.05, 4.69) is 18.7 Å². The van der Waals surface area contributed by atoms with Crippen molar-refractivity contribution in [2.75, 3.05) is 19.6 Å². The summed E-state index contributed by atoms with van der Waals surface area (Å²) in [5.74, 6) is 1.90. The van der Waals surface area contributed by atoms with Gasteiger partial charge in [-0.3, -0.25) is 4.79 Å². The number of hydrogen-bond acceptors (Lipinski definition) is 2. The predicted octanol–water partition coefficient (Wildman–Crippen LogP) is 2.40. The lowest BCUT2D eigenvalue weighted by molar-refractivity contribution is -0.143. The first-order chi connectivity index (χ1) is 8.59. The Kier molecular flexibility index (Phi) is 4.31. The van der Waals surface area contributed by atoms with Crippen LogP contribution in [0.1, 0.15) is 52.4 Å². The lowest BCUT2D eigenvalue weighted by Gasteiger charge is -2.39. The lowest BCUT2D eigenvalue weighted by Crippen LogP contribution is -2.49. The zero-order valence-electron chi connectivity index (χ0n) is 12.0. The third-order valence-electron chi connectivity index (χ3n) is 5.17. The highest BCUT2D eigenvalue weighted by Crippen LogP contribution is 2.39. The van der Waals surface area contributed by atoms with Crippen LogP contribution in [0.25, 0.3) is 0 Å². The number of nitrogens with two attached hydrogens (primary N) is 1. The fraction of sp³-hybridized carbons (Fsp3) is 0.933. The van der Waals surface area contributed by atoms with E-state index in [1.807, 2.05) is 0 Å². The van der Waals surface area contributed by atoms with Gasteiger partial charge in [0.1, 0.15) is 0 Å². The van der Waals surface area contributed by atoms with Crippen LogP contribution in [0.3, 0.4) is 0 Å². The van der Waals surface area contributed by atoms with Gasteiger partial charge in [-0.15, -0.1) is 0 Å². The molecule has 104 valence electrons. The molecule has 0 atom stereocenters. The number of nitrogens with zero attached hydrogens (tertiary/aromatic N) is 1. The number of carbonyl (C=O) groups excluding carboxylic acids is 1. The number of rotatable bonds is 3. The van der Waals surface area contributed by atoms with Crippen molar-refractivity contribution < 1.29 is 4.79 Å². The molecule has 0 radical (unpaired) electrons. The Morgan fingerprint density at radius 3 is 2.28 bits per heavy atom. The minimum absolute atomic E-state index is 0.204. The first-order valence-corrected chi connectivity index (χ1v) is 7.58. The van der Waals surface area contributed by atoms with Gasteiger partial charge in [0.05, 0.1) is 5.41 Å². The Hall–Kier alpha value is -0.570. The normalized spacial score (nSPS) is 24.8. The van der Waals surface area contributed by atoms with Crippen LogP contribution in [0.15, 0.2) is 0 Å². The third-order valence-corrected chi connectivity index (χ3v) is 5.17. The zero-order chi connectivity index (χ0) is 13.2. The minimum atomic E-state index is -0.204. The van der Waals surface area contributed by atoms with Crippen molar-refractivity contribution in [3.63, 3.8) is 0 Å². The molecule has 2 rings (SSSR count). The SMILES string of the molecule is CC(C)C1CCN(C(=O)C2(CN)CCCC2)CC1. The molecule has 0 aromatic rings. The molecule has 1 amide bonds. The predicted molar refractivity (Wildman–Crippen MR) is 74.1 cm³/mol. The van der Waals surface area contributed by atoms with Crippen molar-refractivity contribution in [3.8, 4) is 0 Å². The standard InChI is InChI=1S/C15H28N2O/c1-12(2)13-5-9-17(10-6-13)14(18)15(11-16)7-3-4-8-15/h12-13H,3-11,16H2,1-2H3. The summed E-state index contributed by atoms with van der Waals surface area (Å²) in [5.41, 5.74) is 5.70. The fourth-order valence-electron chi connectivity index (χ4n) is 3.66. The fourth-order valence-corrected chi connectivity index (χ4v) is 3.66. The maximum Gasteiger partial charge on any atom is 0.230 e. The van der Waals surface area contributed by atoms with E-state index in [9.17, 15) is 4.79 Å². The Bertz CT molecular complexity index is 287. The molecule has 1 aliphatic carbocycles. The molecule has 1 aliphatic heterocycles. The summed E-state index contributed by atoms with van der Waals surface area (Å²) < 4.78 is 0. The first kappa shape index (κ1) is 13.9. The molecule has 1 heterocycles. The smallest absolute Gasteiger partial charge is 0.230 e. The number of carbonyl (C=O) groups is 1. The summed E-state index contributed by atoms with van der Waals surface area (Å²) in [4.78, 5) is 14.8. The van der Waals surface area contributed by atoms with E-state index in [1.165, 1.54) is 25.7 Å². The van der Waals surface area contributed by atoms with Crippen LogP contribution in [0.2, 0.25) is 0 Å². The number of hydrogen-bond donors (Lipinski definition) is 1. The quantitative estimate of drug-likeness (QED) is 0.838. The number of likely N-dealkylation sites (tertiary alicyclic amines) is 1. The van der Waals surface area contributed by atoms with Crippen molar-refractivity contribution in [1.82, 2.24) is 4.90 Å². The van der Waals surface area contributed by atoms with Crippen molar-refractivity contribution >= 4 is 5.91 Å². The van der Waals surface area contributed by atoms with Gasteiger partial charge in [-0.05, 0) is 37.5 Å². The Morgan fingerprint density at radius 2 is 1.83 bits per heavy atom. The van der Waals surface area contributed by atoms with Crippen molar-refractivity contribution in [2.45, 2.75) is 52.4 Å². The second-order valence-corrected chi connectivity index (χ2v) is 6.57. The molecule has 0 bridgehead atoms. The van der Waals surface area contributed by atoms with Crippen LogP contribution >= 0.6 is 0 Å². The van der Waals surface area contributed by atoms with Gasteiger partial charge < -0.3 is 10.6 Å². The van der Waals surface area contributed by atoms with E-state index in [-0.39, 0.29) is 5.41 Å². The van der Waals surface area contributed by atoms with Crippen LogP contribution in [-0.2, 0) is 4.79 Å². The summed E-state index contributed by atoms with van der Waals surface area (Å²) in [6.07, 6.45) is 6.70. The molecule has 0 aromatic heterocycles. The molecule has 18 heavy (non-hydrogen) atoms. The molecule has 2 aliphatic rings. The molecule has 1 saturated heterocycles. The van der Waals surface area contributed by atoms with Crippen molar-refractivity contribution in [1.29, 1.82) is 0 Å².